The molecule has 2 aromatic rings. The maximum absolute atomic E-state index is 11.8. The Kier molecular flexibility index (Phi) is 3.73. The van der Waals surface area contributed by atoms with E-state index in [4.69, 9.17) is 4.74 Å². The van der Waals surface area contributed by atoms with Gasteiger partial charge < -0.3 is 9.64 Å². The fourth-order valence-corrected chi connectivity index (χ4v) is 2.94. The fraction of sp³-hybridized carbons (Fsp3) is 0.438. The number of carbonyl (C=O) groups is 1. The number of aromatic nitrogens is 2. The van der Waals surface area contributed by atoms with E-state index in [9.17, 15) is 4.79 Å². The molecule has 0 saturated carbocycles. The molecular weight excluding hydrogens is 266 g/mol. The monoisotopic (exact) mass is 285 g/mol. The molecule has 1 aliphatic heterocycles. The molecule has 1 atom stereocenters. The smallest absolute Gasteiger partial charge is 0.310 e. The quantitative estimate of drug-likeness (QED) is 0.793. The van der Waals surface area contributed by atoms with Crippen LogP contribution in [-0.4, -0.2) is 36.1 Å². The van der Waals surface area contributed by atoms with Crippen molar-refractivity contribution in [3.63, 3.8) is 0 Å². The number of anilines is 1. The van der Waals surface area contributed by atoms with Gasteiger partial charge >= 0.3 is 5.97 Å². The van der Waals surface area contributed by atoms with Gasteiger partial charge in [-0.15, -0.1) is 0 Å². The second-order valence-electron chi connectivity index (χ2n) is 5.53. The molecule has 110 valence electrons. The number of carbonyl (C=O) groups excluding carboxylic acids is 1. The Hall–Kier alpha value is -2.17. The van der Waals surface area contributed by atoms with E-state index in [0.717, 1.165) is 36.1 Å². The summed E-state index contributed by atoms with van der Waals surface area (Å²) in [7, 11) is 1.45. The third-order valence-corrected chi connectivity index (χ3v) is 4.03. The minimum atomic E-state index is -0.130. The molecule has 0 spiro atoms. The van der Waals surface area contributed by atoms with Gasteiger partial charge in [0, 0.05) is 18.5 Å². The number of fused-ring (bicyclic) bond motifs is 1. The van der Waals surface area contributed by atoms with Crippen molar-refractivity contribution in [3.05, 3.63) is 30.1 Å². The summed E-state index contributed by atoms with van der Waals surface area (Å²) in [5.41, 5.74) is 2.12. The van der Waals surface area contributed by atoms with Gasteiger partial charge in [0.1, 0.15) is 12.1 Å². The third kappa shape index (κ3) is 2.68. The van der Waals surface area contributed by atoms with Crippen LogP contribution in [0.5, 0.6) is 0 Å². The normalized spacial score (nSPS) is 18.8. The predicted molar refractivity (Wildman–Crippen MR) is 81.2 cm³/mol. The average Bonchev–Trinajstić information content (AvgIpc) is 2.53. The lowest BCUT2D eigenvalue weighted by atomic mass is 9.98. The van der Waals surface area contributed by atoms with Gasteiger partial charge in [-0.1, -0.05) is 11.6 Å². The number of hydrogen-bond acceptors (Lipinski definition) is 5. The van der Waals surface area contributed by atoms with Gasteiger partial charge in [0.05, 0.1) is 18.5 Å². The van der Waals surface area contributed by atoms with Crippen molar-refractivity contribution in [3.8, 4) is 0 Å². The molecular formula is C16H19N3O2. The Morgan fingerprint density at radius 1 is 1.38 bits per heavy atom. The summed E-state index contributed by atoms with van der Waals surface area (Å²) in [5, 5.41) is 1.04. The van der Waals surface area contributed by atoms with Crippen molar-refractivity contribution in [2.45, 2.75) is 19.8 Å². The minimum Gasteiger partial charge on any atom is -0.469 e. The van der Waals surface area contributed by atoms with Crippen LogP contribution in [-0.2, 0) is 9.53 Å². The van der Waals surface area contributed by atoms with Crippen molar-refractivity contribution in [1.82, 2.24) is 9.97 Å². The zero-order valence-electron chi connectivity index (χ0n) is 12.4. The number of rotatable bonds is 2. The average molecular weight is 285 g/mol. The van der Waals surface area contributed by atoms with E-state index in [0.29, 0.717) is 6.54 Å². The largest absolute Gasteiger partial charge is 0.469 e. The lowest BCUT2D eigenvalue weighted by Gasteiger charge is -2.32. The van der Waals surface area contributed by atoms with E-state index in [1.807, 2.05) is 12.1 Å². The van der Waals surface area contributed by atoms with Crippen LogP contribution < -0.4 is 4.90 Å². The summed E-state index contributed by atoms with van der Waals surface area (Å²) in [6.07, 6.45) is 3.44. The van der Waals surface area contributed by atoms with Gasteiger partial charge in [-0.25, -0.2) is 9.97 Å². The molecule has 3 rings (SSSR count). The van der Waals surface area contributed by atoms with Crippen LogP contribution in [0.15, 0.2) is 24.5 Å². The second kappa shape index (κ2) is 5.68. The Morgan fingerprint density at radius 3 is 3.05 bits per heavy atom. The number of methoxy groups -OCH3 is 1. The molecule has 21 heavy (non-hydrogen) atoms. The molecule has 2 heterocycles. The molecule has 0 radical (unpaired) electrons. The van der Waals surface area contributed by atoms with Gasteiger partial charge in [0.2, 0.25) is 0 Å². The SMILES string of the molecule is COC(=O)C1CCCN(c2ncnc3ccc(C)cc23)C1. The summed E-state index contributed by atoms with van der Waals surface area (Å²) >= 11 is 0. The first-order valence-corrected chi connectivity index (χ1v) is 7.23. The highest BCUT2D eigenvalue weighted by Crippen LogP contribution is 2.28. The Morgan fingerprint density at radius 2 is 2.24 bits per heavy atom. The molecule has 5 heteroatoms. The molecule has 0 amide bonds. The Labute approximate surface area is 124 Å². The predicted octanol–water partition coefficient (Wildman–Crippen LogP) is 2.33. The summed E-state index contributed by atoms with van der Waals surface area (Å²) in [6, 6.07) is 6.16. The van der Waals surface area contributed by atoms with Gasteiger partial charge in [-0.3, -0.25) is 4.79 Å². The summed E-state index contributed by atoms with van der Waals surface area (Å²) in [4.78, 5) is 22.7. The van der Waals surface area contributed by atoms with Crippen LogP contribution in [0.2, 0.25) is 0 Å². The lowest BCUT2D eigenvalue weighted by molar-refractivity contribution is -0.145. The number of nitrogens with zero attached hydrogens (tertiary/aromatic N) is 3. The summed E-state index contributed by atoms with van der Waals surface area (Å²) < 4.78 is 4.88. The van der Waals surface area contributed by atoms with E-state index >= 15 is 0 Å². The first-order chi connectivity index (χ1) is 10.2. The van der Waals surface area contributed by atoms with Crippen molar-refractivity contribution >= 4 is 22.7 Å². The van der Waals surface area contributed by atoms with Crippen LogP contribution in [0.1, 0.15) is 18.4 Å². The number of benzene rings is 1. The van der Waals surface area contributed by atoms with Crippen LogP contribution in [0.3, 0.4) is 0 Å². The first kappa shape index (κ1) is 13.8. The molecule has 1 aliphatic rings. The van der Waals surface area contributed by atoms with Crippen LogP contribution in [0.4, 0.5) is 5.82 Å². The maximum Gasteiger partial charge on any atom is 0.310 e. The Balaban J connectivity index is 1.96. The van der Waals surface area contributed by atoms with Crippen molar-refractivity contribution in [2.75, 3.05) is 25.1 Å². The van der Waals surface area contributed by atoms with Gasteiger partial charge in [0.15, 0.2) is 0 Å². The van der Waals surface area contributed by atoms with Gasteiger partial charge in [-0.05, 0) is 31.9 Å². The number of hydrogen-bond donors (Lipinski definition) is 0. The standard InChI is InChI=1S/C16H19N3O2/c1-11-5-6-14-13(8-11)15(18-10-17-14)19-7-3-4-12(9-19)16(20)21-2/h5-6,8,10,12H,3-4,7,9H2,1-2H3. The lowest BCUT2D eigenvalue weighted by Crippen LogP contribution is -2.39. The van der Waals surface area contributed by atoms with E-state index in [-0.39, 0.29) is 11.9 Å². The molecule has 1 unspecified atom stereocenters. The first-order valence-electron chi connectivity index (χ1n) is 7.23. The molecule has 5 nitrogen and oxygen atoms in total. The maximum atomic E-state index is 11.8. The molecule has 0 aliphatic carbocycles. The Bertz CT molecular complexity index is 672. The van der Waals surface area contributed by atoms with Crippen LogP contribution >= 0.6 is 0 Å². The molecule has 1 saturated heterocycles. The number of aryl methyl sites for hydroxylation is 1. The minimum absolute atomic E-state index is 0.0708. The molecule has 0 N–H and O–H groups in total. The van der Waals surface area contributed by atoms with E-state index in [1.165, 1.54) is 12.7 Å². The summed E-state index contributed by atoms with van der Waals surface area (Å²) in [5.74, 6) is 0.713. The van der Waals surface area contributed by atoms with E-state index in [2.05, 4.69) is 27.9 Å². The van der Waals surface area contributed by atoms with Crippen LogP contribution in [0.25, 0.3) is 10.9 Å². The molecule has 1 aromatic heterocycles. The van der Waals surface area contributed by atoms with Crippen LogP contribution in [0, 0.1) is 12.8 Å². The summed E-state index contributed by atoms with van der Waals surface area (Å²) in [6.45, 7) is 3.63. The highest BCUT2D eigenvalue weighted by Gasteiger charge is 2.27. The molecule has 1 aromatic carbocycles. The van der Waals surface area contributed by atoms with Gasteiger partial charge in [0.25, 0.3) is 0 Å². The molecule has 0 bridgehead atoms. The number of ether oxygens (including phenoxy) is 1. The number of esters is 1. The zero-order chi connectivity index (χ0) is 14.8. The van der Waals surface area contributed by atoms with E-state index < -0.39 is 0 Å². The van der Waals surface area contributed by atoms with Crippen molar-refractivity contribution in [2.24, 2.45) is 5.92 Å². The van der Waals surface area contributed by atoms with Crippen molar-refractivity contribution < 1.29 is 9.53 Å². The van der Waals surface area contributed by atoms with Gasteiger partial charge in [-0.2, -0.15) is 0 Å². The fourth-order valence-electron chi connectivity index (χ4n) is 2.94. The highest BCUT2D eigenvalue weighted by molar-refractivity contribution is 5.90. The topological polar surface area (TPSA) is 55.3 Å². The second-order valence-corrected chi connectivity index (χ2v) is 5.53. The highest BCUT2D eigenvalue weighted by atomic mass is 16.5. The number of piperidine rings is 1. The third-order valence-electron chi connectivity index (χ3n) is 4.03. The van der Waals surface area contributed by atoms with E-state index in [1.54, 1.807) is 6.33 Å². The van der Waals surface area contributed by atoms with Crippen molar-refractivity contribution in [1.29, 1.82) is 0 Å². The molecule has 1 fully saturated rings. The zero-order valence-corrected chi connectivity index (χ0v) is 12.4.